The van der Waals surface area contributed by atoms with Crippen LogP contribution in [0.1, 0.15) is 43.0 Å². The number of benzene rings is 4. The number of hydrogen-bond donors (Lipinski definition) is 1. The standard InChI is InChI=1S/C36H39Cl2N3O4S/c1-25-14-16-32(17-15-25)46(44,45)41(31-21-29(37)20-30(38)22-31)24-34(42)40(23-28-13-9-10-26(2)18-28)33(35(43)39-36(3,4)5)19-27-11-7-6-8-12-27/h6-18,20-22,33H,19,23-24H2,1-5H3,(H,39,43)/t33-/m1/s1. The molecule has 0 fully saturated rings. The summed E-state index contributed by atoms with van der Waals surface area (Å²) >= 11 is 12.6. The third kappa shape index (κ3) is 9.34. The van der Waals surface area contributed by atoms with Gasteiger partial charge in [-0.15, -0.1) is 0 Å². The van der Waals surface area contributed by atoms with Gasteiger partial charge < -0.3 is 10.2 Å². The fraction of sp³-hybridized carbons (Fsp3) is 0.278. The number of anilines is 1. The Bertz CT molecular complexity index is 1770. The summed E-state index contributed by atoms with van der Waals surface area (Å²) < 4.78 is 29.4. The van der Waals surface area contributed by atoms with Crippen LogP contribution in [0.15, 0.2) is 102 Å². The van der Waals surface area contributed by atoms with Crippen LogP contribution >= 0.6 is 23.2 Å². The van der Waals surface area contributed by atoms with E-state index in [4.69, 9.17) is 23.2 Å². The second-order valence-electron chi connectivity index (χ2n) is 12.4. The number of hydrogen-bond acceptors (Lipinski definition) is 4. The van der Waals surface area contributed by atoms with Gasteiger partial charge in [-0.25, -0.2) is 8.42 Å². The summed E-state index contributed by atoms with van der Waals surface area (Å²) in [6, 6.07) is 26.9. The summed E-state index contributed by atoms with van der Waals surface area (Å²) in [7, 11) is -4.28. The molecule has 0 saturated heterocycles. The van der Waals surface area contributed by atoms with Gasteiger partial charge in [0.15, 0.2) is 0 Å². The van der Waals surface area contributed by atoms with E-state index in [9.17, 15) is 18.0 Å². The summed E-state index contributed by atoms with van der Waals surface area (Å²) in [5.41, 5.74) is 3.06. The molecule has 0 saturated carbocycles. The number of nitrogens with zero attached hydrogens (tertiary/aromatic N) is 2. The highest BCUT2D eigenvalue weighted by Gasteiger charge is 2.35. The molecule has 4 aromatic rings. The zero-order valence-electron chi connectivity index (χ0n) is 26.6. The molecular weight excluding hydrogens is 641 g/mol. The predicted octanol–water partition coefficient (Wildman–Crippen LogP) is 7.36. The summed E-state index contributed by atoms with van der Waals surface area (Å²) in [6.07, 6.45) is 0.216. The van der Waals surface area contributed by atoms with Crippen molar-refractivity contribution in [2.45, 2.75) is 64.1 Å². The highest BCUT2D eigenvalue weighted by atomic mass is 35.5. The number of carbonyl (C=O) groups excluding carboxylic acids is 2. The molecule has 1 atom stereocenters. The molecule has 4 aromatic carbocycles. The van der Waals surface area contributed by atoms with Crippen LogP contribution in [0.5, 0.6) is 0 Å². The van der Waals surface area contributed by atoms with Gasteiger partial charge in [0.2, 0.25) is 11.8 Å². The maximum absolute atomic E-state index is 14.6. The molecule has 0 aliphatic rings. The minimum absolute atomic E-state index is 0.00135. The predicted molar refractivity (Wildman–Crippen MR) is 186 cm³/mol. The van der Waals surface area contributed by atoms with Crippen molar-refractivity contribution in [3.63, 3.8) is 0 Å². The first-order valence-electron chi connectivity index (χ1n) is 14.9. The lowest BCUT2D eigenvalue weighted by Crippen LogP contribution is -2.56. The molecule has 46 heavy (non-hydrogen) atoms. The Kier molecular flexibility index (Phi) is 11.2. The average Bonchev–Trinajstić information content (AvgIpc) is 2.97. The van der Waals surface area contributed by atoms with Crippen LogP contribution in [-0.4, -0.2) is 43.3 Å². The lowest BCUT2D eigenvalue weighted by atomic mass is 10.0. The normalized spacial score (nSPS) is 12.3. The number of carbonyl (C=O) groups is 2. The van der Waals surface area contributed by atoms with Crippen LogP contribution in [0.25, 0.3) is 0 Å². The Morgan fingerprint density at radius 3 is 1.98 bits per heavy atom. The van der Waals surface area contributed by atoms with Crippen molar-refractivity contribution < 1.29 is 18.0 Å². The van der Waals surface area contributed by atoms with Gasteiger partial charge in [0, 0.05) is 28.5 Å². The molecule has 0 aliphatic carbocycles. The van der Waals surface area contributed by atoms with E-state index in [2.05, 4.69) is 5.32 Å². The largest absolute Gasteiger partial charge is 0.350 e. The first-order valence-corrected chi connectivity index (χ1v) is 17.1. The third-order valence-electron chi connectivity index (χ3n) is 7.23. The maximum Gasteiger partial charge on any atom is 0.264 e. The fourth-order valence-corrected chi connectivity index (χ4v) is 6.98. The Morgan fingerprint density at radius 1 is 0.783 bits per heavy atom. The van der Waals surface area contributed by atoms with Gasteiger partial charge in [0.25, 0.3) is 10.0 Å². The molecule has 10 heteroatoms. The van der Waals surface area contributed by atoms with Gasteiger partial charge in [0.05, 0.1) is 10.6 Å². The zero-order valence-corrected chi connectivity index (χ0v) is 29.0. The maximum atomic E-state index is 14.6. The van der Waals surface area contributed by atoms with Gasteiger partial charge in [-0.1, -0.05) is 101 Å². The molecule has 7 nitrogen and oxygen atoms in total. The monoisotopic (exact) mass is 679 g/mol. The number of rotatable bonds is 11. The van der Waals surface area contributed by atoms with E-state index >= 15 is 0 Å². The zero-order chi connectivity index (χ0) is 33.6. The molecular formula is C36H39Cl2N3O4S. The minimum atomic E-state index is -4.28. The van der Waals surface area contributed by atoms with Crippen LogP contribution in [0.4, 0.5) is 5.69 Å². The summed E-state index contributed by atoms with van der Waals surface area (Å²) in [5.74, 6) is -0.922. The van der Waals surface area contributed by atoms with E-state index in [1.807, 2.05) is 89.2 Å². The van der Waals surface area contributed by atoms with E-state index in [1.165, 1.54) is 35.2 Å². The van der Waals surface area contributed by atoms with E-state index in [0.717, 1.165) is 26.6 Å². The van der Waals surface area contributed by atoms with Gasteiger partial charge in [-0.3, -0.25) is 13.9 Å². The second kappa shape index (κ2) is 14.7. The van der Waals surface area contributed by atoms with Crippen molar-refractivity contribution in [2.24, 2.45) is 0 Å². The molecule has 0 aromatic heterocycles. The number of nitrogens with one attached hydrogen (secondary N) is 1. The number of sulfonamides is 1. The molecule has 0 aliphatic heterocycles. The molecule has 0 radical (unpaired) electrons. The molecule has 4 rings (SSSR count). The molecule has 0 bridgehead atoms. The number of amides is 2. The van der Waals surface area contributed by atoms with Crippen LogP contribution in [0.3, 0.4) is 0 Å². The average molecular weight is 681 g/mol. The number of aryl methyl sites for hydroxylation is 2. The lowest BCUT2D eigenvalue weighted by molar-refractivity contribution is -0.140. The van der Waals surface area contributed by atoms with Crippen molar-refractivity contribution in [1.29, 1.82) is 0 Å². The van der Waals surface area contributed by atoms with Crippen LogP contribution in [0.2, 0.25) is 10.0 Å². The highest BCUT2D eigenvalue weighted by molar-refractivity contribution is 7.92. The Hall–Kier alpha value is -3.85. The Morgan fingerprint density at radius 2 is 1.39 bits per heavy atom. The molecule has 2 amide bonds. The number of halogens is 2. The summed E-state index contributed by atoms with van der Waals surface area (Å²) in [5, 5.41) is 3.45. The van der Waals surface area contributed by atoms with E-state index in [0.29, 0.717) is 0 Å². The van der Waals surface area contributed by atoms with Gasteiger partial charge in [0.1, 0.15) is 12.6 Å². The molecule has 0 heterocycles. The smallest absolute Gasteiger partial charge is 0.264 e. The highest BCUT2D eigenvalue weighted by Crippen LogP contribution is 2.30. The molecule has 0 spiro atoms. The minimum Gasteiger partial charge on any atom is -0.350 e. The summed E-state index contributed by atoms with van der Waals surface area (Å²) in [6.45, 7) is 8.88. The second-order valence-corrected chi connectivity index (χ2v) is 15.1. The Balaban J connectivity index is 1.84. The third-order valence-corrected chi connectivity index (χ3v) is 9.45. The first-order chi connectivity index (χ1) is 21.6. The van der Waals surface area contributed by atoms with Crippen molar-refractivity contribution in [3.05, 3.63) is 129 Å². The SMILES string of the molecule is Cc1ccc(S(=O)(=O)N(CC(=O)N(Cc2cccc(C)c2)[C@H](Cc2ccccc2)C(=O)NC(C)(C)C)c2cc(Cl)cc(Cl)c2)cc1. The summed E-state index contributed by atoms with van der Waals surface area (Å²) in [4.78, 5) is 30.0. The van der Waals surface area contributed by atoms with E-state index < -0.39 is 34.1 Å². The molecule has 0 unspecified atom stereocenters. The van der Waals surface area contributed by atoms with Crippen molar-refractivity contribution in [3.8, 4) is 0 Å². The van der Waals surface area contributed by atoms with Gasteiger partial charge >= 0.3 is 0 Å². The molecule has 242 valence electrons. The van der Waals surface area contributed by atoms with E-state index in [1.54, 1.807) is 12.1 Å². The van der Waals surface area contributed by atoms with Crippen molar-refractivity contribution >= 4 is 50.7 Å². The van der Waals surface area contributed by atoms with Crippen LogP contribution < -0.4 is 9.62 Å². The quantitative estimate of drug-likeness (QED) is 0.179. The van der Waals surface area contributed by atoms with Gasteiger partial charge in [-0.2, -0.15) is 0 Å². The first kappa shape index (κ1) is 35.0. The van der Waals surface area contributed by atoms with E-state index in [-0.39, 0.29) is 39.5 Å². The topological polar surface area (TPSA) is 86.8 Å². The van der Waals surface area contributed by atoms with Crippen molar-refractivity contribution in [2.75, 3.05) is 10.8 Å². The van der Waals surface area contributed by atoms with Crippen LogP contribution in [-0.2, 0) is 32.6 Å². The lowest BCUT2D eigenvalue weighted by Gasteiger charge is -2.35. The molecule has 1 N–H and O–H groups in total. The van der Waals surface area contributed by atoms with Gasteiger partial charge in [-0.05, 0) is 76.1 Å². The Labute approximate surface area is 282 Å². The van der Waals surface area contributed by atoms with Crippen molar-refractivity contribution in [1.82, 2.24) is 10.2 Å². The fourth-order valence-electron chi connectivity index (χ4n) is 5.06. The van der Waals surface area contributed by atoms with Crippen LogP contribution in [0, 0.1) is 13.8 Å².